The van der Waals surface area contributed by atoms with Gasteiger partial charge in [-0.3, -0.25) is 4.90 Å². The van der Waals surface area contributed by atoms with E-state index in [-0.39, 0.29) is 5.60 Å². The zero-order valence-corrected chi connectivity index (χ0v) is 12.3. The Kier molecular flexibility index (Phi) is 3.91. The summed E-state index contributed by atoms with van der Waals surface area (Å²) in [6, 6.07) is 8.52. The van der Waals surface area contributed by atoms with Crippen LogP contribution in [0.1, 0.15) is 26.3 Å². The van der Waals surface area contributed by atoms with Gasteiger partial charge in [0, 0.05) is 24.1 Å². The van der Waals surface area contributed by atoms with E-state index in [1.54, 1.807) is 0 Å². The first-order valence-corrected chi connectivity index (χ1v) is 6.88. The van der Waals surface area contributed by atoms with E-state index < -0.39 is 0 Å². The predicted molar refractivity (Wildman–Crippen MR) is 74.0 cm³/mol. The summed E-state index contributed by atoms with van der Waals surface area (Å²) in [6.07, 6.45) is 0.311. The second kappa shape index (κ2) is 5.09. The van der Waals surface area contributed by atoms with Crippen LogP contribution >= 0.6 is 15.9 Å². The van der Waals surface area contributed by atoms with Crippen molar-refractivity contribution in [2.75, 3.05) is 13.1 Å². The number of nitrogens with zero attached hydrogens (tertiary/aromatic N) is 1. The summed E-state index contributed by atoms with van der Waals surface area (Å²) in [5.41, 5.74) is 1.31. The van der Waals surface area contributed by atoms with Gasteiger partial charge < -0.3 is 4.74 Å². The van der Waals surface area contributed by atoms with E-state index in [1.165, 1.54) is 5.56 Å². The third-order valence-corrected chi connectivity index (χ3v) is 3.43. The van der Waals surface area contributed by atoms with Crippen molar-refractivity contribution in [2.24, 2.45) is 0 Å². The van der Waals surface area contributed by atoms with E-state index in [0.29, 0.717) is 6.10 Å². The van der Waals surface area contributed by atoms with Crippen molar-refractivity contribution in [2.45, 2.75) is 39.0 Å². The van der Waals surface area contributed by atoms with Gasteiger partial charge in [-0.05, 0) is 38.5 Å². The second-order valence-electron chi connectivity index (χ2n) is 5.49. The zero-order chi connectivity index (χ0) is 12.5. The molecular weight excluding hydrogens is 278 g/mol. The summed E-state index contributed by atoms with van der Waals surface area (Å²) in [4.78, 5) is 2.47. The van der Waals surface area contributed by atoms with Gasteiger partial charge in [-0.15, -0.1) is 0 Å². The van der Waals surface area contributed by atoms with Gasteiger partial charge in [-0.25, -0.2) is 0 Å². The summed E-state index contributed by atoms with van der Waals surface area (Å²) in [5.74, 6) is 0. The Labute approximate surface area is 112 Å². The minimum atomic E-state index is -0.0380. The Morgan fingerprint density at radius 1 is 1.47 bits per heavy atom. The molecule has 0 saturated carbocycles. The molecule has 0 amide bonds. The molecule has 1 aliphatic rings. The van der Waals surface area contributed by atoms with Crippen molar-refractivity contribution in [1.82, 2.24) is 4.90 Å². The van der Waals surface area contributed by atoms with Gasteiger partial charge in [-0.1, -0.05) is 28.1 Å². The molecule has 1 aromatic rings. The number of hydrogen-bond acceptors (Lipinski definition) is 2. The fourth-order valence-corrected chi connectivity index (χ4v) is 3.05. The molecule has 0 N–H and O–H groups in total. The standard InChI is InChI=1S/C14H20BrNO/c1-11-8-16(10-14(2,3)17-11)9-12-5-4-6-13(15)7-12/h4-7,11H,8-10H2,1-3H3. The Morgan fingerprint density at radius 3 is 2.88 bits per heavy atom. The molecule has 94 valence electrons. The van der Waals surface area contributed by atoms with Crippen molar-refractivity contribution in [3.05, 3.63) is 34.3 Å². The number of rotatable bonds is 2. The first-order valence-electron chi connectivity index (χ1n) is 6.09. The Bertz CT molecular complexity index is 392. The first kappa shape index (κ1) is 13.1. The van der Waals surface area contributed by atoms with Crippen LogP contribution < -0.4 is 0 Å². The smallest absolute Gasteiger partial charge is 0.0757 e. The molecule has 1 heterocycles. The highest BCUT2D eigenvalue weighted by Crippen LogP contribution is 2.22. The van der Waals surface area contributed by atoms with Crippen molar-refractivity contribution in [3.8, 4) is 0 Å². The van der Waals surface area contributed by atoms with Crippen molar-refractivity contribution < 1.29 is 4.74 Å². The molecule has 0 bridgehead atoms. The molecule has 0 radical (unpaired) electrons. The SMILES string of the molecule is CC1CN(Cc2cccc(Br)c2)CC(C)(C)O1. The average Bonchev–Trinajstić information content (AvgIpc) is 2.13. The van der Waals surface area contributed by atoms with Crippen LogP contribution in [-0.2, 0) is 11.3 Å². The van der Waals surface area contributed by atoms with E-state index in [2.05, 4.69) is 65.9 Å². The van der Waals surface area contributed by atoms with Gasteiger partial charge in [-0.2, -0.15) is 0 Å². The van der Waals surface area contributed by atoms with Crippen LogP contribution in [0, 0.1) is 0 Å². The molecular formula is C14H20BrNO. The van der Waals surface area contributed by atoms with Crippen LogP contribution in [0.4, 0.5) is 0 Å². The van der Waals surface area contributed by atoms with Crippen LogP contribution in [0.15, 0.2) is 28.7 Å². The van der Waals surface area contributed by atoms with Crippen LogP contribution in [0.2, 0.25) is 0 Å². The van der Waals surface area contributed by atoms with E-state index in [9.17, 15) is 0 Å². The lowest BCUT2D eigenvalue weighted by molar-refractivity contribution is -0.130. The fourth-order valence-electron chi connectivity index (χ4n) is 2.60. The van der Waals surface area contributed by atoms with E-state index in [0.717, 1.165) is 24.1 Å². The molecule has 0 spiro atoms. The highest BCUT2D eigenvalue weighted by molar-refractivity contribution is 9.10. The Hall–Kier alpha value is -0.380. The summed E-state index contributed by atoms with van der Waals surface area (Å²) >= 11 is 3.52. The topological polar surface area (TPSA) is 12.5 Å². The normalized spacial score (nSPS) is 24.8. The van der Waals surface area contributed by atoms with Crippen LogP contribution in [0.3, 0.4) is 0 Å². The molecule has 1 saturated heterocycles. The average molecular weight is 298 g/mol. The molecule has 1 aliphatic heterocycles. The van der Waals surface area contributed by atoms with E-state index >= 15 is 0 Å². The fraction of sp³-hybridized carbons (Fsp3) is 0.571. The minimum Gasteiger partial charge on any atom is -0.370 e. The molecule has 2 rings (SSSR count). The summed E-state index contributed by atoms with van der Waals surface area (Å²) in [6.45, 7) is 9.47. The van der Waals surface area contributed by atoms with Gasteiger partial charge in [0.2, 0.25) is 0 Å². The van der Waals surface area contributed by atoms with Gasteiger partial charge in [0.15, 0.2) is 0 Å². The third kappa shape index (κ3) is 3.80. The number of ether oxygens (including phenoxy) is 1. The van der Waals surface area contributed by atoms with Crippen LogP contribution in [0.25, 0.3) is 0 Å². The quantitative estimate of drug-likeness (QED) is 0.829. The predicted octanol–water partition coefficient (Wildman–Crippen LogP) is 3.45. The lowest BCUT2D eigenvalue weighted by Crippen LogP contribution is -2.51. The molecule has 1 aromatic carbocycles. The molecule has 0 aromatic heterocycles. The molecule has 0 aliphatic carbocycles. The number of benzene rings is 1. The lowest BCUT2D eigenvalue weighted by atomic mass is 10.0. The zero-order valence-electron chi connectivity index (χ0n) is 10.7. The number of halogens is 1. The maximum absolute atomic E-state index is 5.91. The maximum Gasteiger partial charge on any atom is 0.0757 e. The number of morpholine rings is 1. The second-order valence-corrected chi connectivity index (χ2v) is 6.40. The highest BCUT2D eigenvalue weighted by atomic mass is 79.9. The van der Waals surface area contributed by atoms with E-state index in [1.807, 2.05) is 0 Å². The van der Waals surface area contributed by atoms with Crippen molar-refractivity contribution in [1.29, 1.82) is 0 Å². The van der Waals surface area contributed by atoms with Gasteiger partial charge in [0.05, 0.1) is 11.7 Å². The first-order chi connectivity index (χ1) is 7.94. The van der Waals surface area contributed by atoms with Crippen molar-refractivity contribution >= 4 is 15.9 Å². The van der Waals surface area contributed by atoms with Crippen LogP contribution in [0.5, 0.6) is 0 Å². The van der Waals surface area contributed by atoms with Gasteiger partial charge >= 0.3 is 0 Å². The molecule has 1 fully saturated rings. The summed E-state index contributed by atoms with van der Waals surface area (Å²) < 4.78 is 7.06. The lowest BCUT2D eigenvalue weighted by Gasteiger charge is -2.41. The Balaban J connectivity index is 2.03. The molecule has 1 atom stereocenters. The van der Waals surface area contributed by atoms with Gasteiger partial charge in [0.25, 0.3) is 0 Å². The van der Waals surface area contributed by atoms with Crippen molar-refractivity contribution in [3.63, 3.8) is 0 Å². The Morgan fingerprint density at radius 2 is 2.24 bits per heavy atom. The maximum atomic E-state index is 5.91. The van der Waals surface area contributed by atoms with Gasteiger partial charge in [0.1, 0.15) is 0 Å². The van der Waals surface area contributed by atoms with E-state index in [4.69, 9.17) is 4.74 Å². The third-order valence-electron chi connectivity index (χ3n) is 2.94. The van der Waals surface area contributed by atoms with Crippen LogP contribution in [-0.4, -0.2) is 29.7 Å². The molecule has 3 heteroatoms. The monoisotopic (exact) mass is 297 g/mol. The minimum absolute atomic E-state index is 0.0380. The molecule has 2 nitrogen and oxygen atoms in total. The number of hydrogen-bond donors (Lipinski definition) is 0. The summed E-state index contributed by atoms with van der Waals surface area (Å²) in [7, 11) is 0. The summed E-state index contributed by atoms with van der Waals surface area (Å²) in [5, 5.41) is 0. The molecule has 1 unspecified atom stereocenters. The molecule has 17 heavy (non-hydrogen) atoms. The largest absolute Gasteiger partial charge is 0.370 e. The highest BCUT2D eigenvalue weighted by Gasteiger charge is 2.30.